The highest BCUT2D eigenvalue weighted by molar-refractivity contribution is 6.05. The quantitative estimate of drug-likeness (QED) is 0.457. The van der Waals surface area contributed by atoms with Gasteiger partial charge in [0.05, 0.1) is 19.8 Å². The minimum Gasteiger partial charge on any atom is -0.497 e. The van der Waals surface area contributed by atoms with Gasteiger partial charge in [0.1, 0.15) is 11.5 Å². The number of hydrogen-bond donors (Lipinski definition) is 0. The molecule has 0 fully saturated rings. The molecule has 0 aliphatic carbocycles. The lowest BCUT2D eigenvalue weighted by Crippen LogP contribution is -2.03. The molecule has 6 heteroatoms. The third-order valence-electron chi connectivity index (χ3n) is 3.86. The van der Waals surface area contributed by atoms with E-state index in [4.69, 9.17) is 18.9 Å². The monoisotopic (exact) mass is 366 g/mol. The highest BCUT2D eigenvalue weighted by atomic mass is 16.6. The van der Waals surface area contributed by atoms with E-state index in [-0.39, 0.29) is 0 Å². The number of rotatable bonds is 5. The average Bonchev–Trinajstić information content (AvgIpc) is 3.03. The molecule has 0 spiro atoms. The van der Waals surface area contributed by atoms with Crippen LogP contribution in [-0.2, 0) is 14.3 Å². The molecule has 0 atom stereocenters. The molecular formula is C21H18O6. The summed E-state index contributed by atoms with van der Waals surface area (Å²) in [5.41, 5.74) is 1.89. The third kappa shape index (κ3) is 4.17. The number of ether oxygens (including phenoxy) is 4. The van der Waals surface area contributed by atoms with Crippen molar-refractivity contribution in [2.24, 2.45) is 0 Å². The molecular weight excluding hydrogens is 348 g/mol. The Hall–Kier alpha value is -3.54. The van der Waals surface area contributed by atoms with Gasteiger partial charge in [0.15, 0.2) is 11.5 Å². The van der Waals surface area contributed by atoms with Crippen LogP contribution in [0.3, 0.4) is 0 Å². The smallest absolute Gasteiger partial charge is 0.343 e. The van der Waals surface area contributed by atoms with E-state index in [1.165, 1.54) is 14.0 Å². The maximum absolute atomic E-state index is 12.2. The summed E-state index contributed by atoms with van der Waals surface area (Å²) in [5, 5.41) is 0. The molecule has 0 N–H and O–H groups in total. The third-order valence-corrected chi connectivity index (χ3v) is 3.86. The molecule has 2 aromatic carbocycles. The van der Waals surface area contributed by atoms with Crippen molar-refractivity contribution in [2.45, 2.75) is 6.92 Å². The Morgan fingerprint density at radius 1 is 1.00 bits per heavy atom. The Balaban J connectivity index is 1.88. The predicted molar refractivity (Wildman–Crippen MR) is 99.3 cm³/mol. The first-order chi connectivity index (χ1) is 13.0. The molecule has 0 amide bonds. The first kappa shape index (κ1) is 18.3. The minimum absolute atomic E-state index is 0.315. The van der Waals surface area contributed by atoms with Gasteiger partial charge in [-0.15, -0.1) is 0 Å². The zero-order chi connectivity index (χ0) is 19.4. The second kappa shape index (κ2) is 7.78. The maximum atomic E-state index is 12.2. The van der Waals surface area contributed by atoms with Gasteiger partial charge in [-0.25, -0.2) is 4.79 Å². The molecule has 1 aliphatic rings. The molecule has 0 bridgehead atoms. The van der Waals surface area contributed by atoms with E-state index in [9.17, 15) is 9.59 Å². The van der Waals surface area contributed by atoms with Crippen LogP contribution in [0.25, 0.3) is 11.8 Å². The van der Waals surface area contributed by atoms with Crippen molar-refractivity contribution in [3.05, 3.63) is 65.2 Å². The zero-order valence-electron chi connectivity index (χ0n) is 15.1. The normalized spacial score (nSPS) is 14.6. The molecule has 6 nitrogen and oxygen atoms in total. The topological polar surface area (TPSA) is 71.1 Å². The lowest BCUT2D eigenvalue weighted by Gasteiger charge is -2.08. The maximum Gasteiger partial charge on any atom is 0.343 e. The second-order valence-electron chi connectivity index (χ2n) is 5.73. The fourth-order valence-corrected chi connectivity index (χ4v) is 2.58. The number of hydrogen-bond acceptors (Lipinski definition) is 6. The molecule has 27 heavy (non-hydrogen) atoms. The average molecular weight is 366 g/mol. The first-order valence-corrected chi connectivity index (χ1v) is 8.16. The van der Waals surface area contributed by atoms with Crippen LogP contribution in [0.1, 0.15) is 18.1 Å². The number of methoxy groups -OCH3 is 2. The highest BCUT2D eigenvalue weighted by Crippen LogP contribution is 2.32. The summed E-state index contributed by atoms with van der Waals surface area (Å²) in [7, 11) is 3.07. The Morgan fingerprint density at radius 2 is 1.74 bits per heavy atom. The number of carbonyl (C=O) groups is 2. The molecule has 1 aliphatic heterocycles. The molecule has 0 radical (unpaired) electrons. The summed E-state index contributed by atoms with van der Waals surface area (Å²) in [5.74, 6) is 1.02. The molecule has 1 heterocycles. The number of benzene rings is 2. The van der Waals surface area contributed by atoms with Crippen molar-refractivity contribution in [2.75, 3.05) is 14.2 Å². The number of esters is 2. The van der Waals surface area contributed by atoms with Gasteiger partial charge in [-0.2, -0.15) is 0 Å². The Kier molecular flexibility index (Phi) is 5.26. The standard InChI is InChI=1S/C21H18O6/c1-13(22)26-18-9-4-14(11-20(18)25-3)10-16-12-19(27-21(16)23)15-5-7-17(24-2)8-6-15/h4-12H,1-3H3/b16-10+. The Morgan fingerprint density at radius 3 is 2.37 bits per heavy atom. The van der Waals surface area contributed by atoms with Crippen molar-refractivity contribution in [1.29, 1.82) is 0 Å². The van der Waals surface area contributed by atoms with Crippen molar-refractivity contribution in [1.82, 2.24) is 0 Å². The van der Waals surface area contributed by atoms with Crippen LogP contribution < -0.4 is 14.2 Å². The van der Waals surface area contributed by atoms with Crippen LogP contribution in [0, 0.1) is 0 Å². The highest BCUT2D eigenvalue weighted by Gasteiger charge is 2.22. The summed E-state index contributed by atoms with van der Waals surface area (Å²) in [6, 6.07) is 12.2. The van der Waals surface area contributed by atoms with E-state index >= 15 is 0 Å². The summed E-state index contributed by atoms with van der Waals surface area (Å²) in [6.45, 7) is 1.31. The van der Waals surface area contributed by atoms with Crippen LogP contribution in [0.4, 0.5) is 0 Å². The molecule has 0 saturated carbocycles. The number of carbonyl (C=O) groups excluding carboxylic acids is 2. The Labute approximate surface area is 156 Å². The second-order valence-corrected chi connectivity index (χ2v) is 5.73. The molecule has 0 unspecified atom stereocenters. The largest absolute Gasteiger partial charge is 0.497 e. The first-order valence-electron chi connectivity index (χ1n) is 8.16. The van der Waals surface area contributed by atoms with Gasteiger partial charge >= 0.3 is 11.9 Å². The van der Waals surface area contributed by atoms with E-state index in [2.05, 4.69) is 0 Å². The fraction of sp³-hybridized carbons (Fsp3) is 0.143. The predicted octanol–water partition coefficient (Wildman–Crippen LogP) is 3.61. The van der Waals surface area contributed by atoms with Crippen LogP contribution in [0.2, 0.25) is 0 Å². The van der Waals surface area contributed by atoms with Gasteiger partial charge in [0, 0.05) is 12.5 Å². The van der Waals surface area contributed by atoms with E-state index in [0.717, 1.165) is 11.3 Å². The Bertz CT molecular complexity index is 938. The van der Waals surface area contributed by atoms with E-state index in [0.29, 0.717) is 28.4 Å². The van der Waals surface area contributed by atoms with E-state index in [1.54, 1.807) is 49.6 Å². The molecule has 0 saturated heterocycles. The molecule has 2 aromatic rings. The summed E-state index contributed by atoms with van der Waals surface area (Å²) in [4.78, 5) is 23.3. The fourth-order valence-electron chi connectivity index (χ4n) is 2.58. The van der Waals surface area contributed by atoms with Crippen LogP contribution in [0.15, 0.2) is 54.1 Å². The van der Waals surface area contributed by atoms with Crippen LogP contribution in [-0.4, -0.2) is 26.2 Å². The van der Waals surface area contributed by atoms with Crippen molar-refractivity contribution < 1.29 is 28.5 Å². The number of cyclic esters (lactones) is 1. The molecule has 138 valence electrons. The van der Waals surface area contributed by atoms with Gasteiger partial charge in [0.25, 0.3) is 0 Å². The van der Waals surface area contributed by atoms with E-state index < -0.39 is 11.9 Å². The van der Waals surface area contributed by atoms with Gasteiger partial charge in [-0.05, 0) is 54.1 Å². The van der Waals surface area contributed by atoms with Gasteiger partial charge in [0.2, 0.25) is 0 Å². The van der Waals surface area contributed by atoms with Crippen LogP contribution in [0.5, 0.6) is 17.2 Å². The van der Waals surface area contributed by atoms with Gasteiger partial charge < -0.3 is 18.9 Å². The summed E-state index contributed by atoms with van der Waals surface area (Å²) < 4.78 is 20.8. The van der Waals surface area contributed by atoms with Crippen molar-refractivity contribution in [3.8, 4) is 17.2 Å². The molecule has 3 rings (SSSR count). The van der Waals surface area contributed by atoms with Gasteiger partial charge in [-0.3, -0.25) is 4.79 Å². The summed E-state index contributed by atoms with van der Waals surface area (Å²) in [6.07, 6.45) is 3.36. The molecule has 0 aromatic heterocycles. The van der Waals surface area contributed by atoms with E-state index in [1.807, 2.05) is 12.1 Å². The minimum atomic E-state index is -0.441. The van der Waals surface area contributed by atoms with Crippen molar-refractivity contribution >= 4 is 23.8 Å². The lowest BCUT2D eigenvalue weighted by molar-refractivity contribution is -0.132. The summed E-state index contributed by atoms with van der Waals surface area (Å²) >= 11 is 0. The lowest BCUT2D eigenvalue weighted by atomic mass is 10.1. The van der Waals surface area contributed by atoms with Crippen molar-refractivity contribution in [3.63, 3.8) is 0 Å². The SMILES string of the molecule is COc1ccc(C2=C/C(=C\c3ccc(OC(C)=O)c(OC)c3)C(=O)O2)cc1. The van der Waals surface area contributed by atoms with Gasteiger partial charge in [-0.1, -0.05) is 6.07 Å². The van der Waals surface area contributed by atoms with Crippen LogP contribution >= 0.6 is 0 Å². The zero-order valence-corrected chi connectivity index (χ0v) is 15.1.